The van der Waals surface area contributed by atoms with E-state index in [0.29, 0.717) is 44.9 Å². The molecule has 32 heavy (non-hydrogen) atoms. The quantitative estimate of drug-likeness (QED) is 0.308. The average molecular weight is 453 g/mol. The highest BCUT2D eigenvalue weighted by Gasteiger charge is 2.16. The minimum atomic E-state index is -0.557. The Morgan fingerprint density at radius 1 is 1.09 bits per heavy atom. The first-order valence-electron chi connectivity index (χ1n) is 9.59. The van der Waals surface area contributed by atoms with E-state index in [0.717, 1.165) is 6.20 Å². The SMILES string of the molecule is Fc1cccc(COc2ccc(Nc3ncc(F)c4nc(-c5ccco5)[nH]c34)cc2Cl)c1. The largest absolute Gasteiger partial charge is 0.487 e. The van der Waals surface area contributed by atoms with Gasteiger partial charge in [0.25, 0.3) is 0 Å². The number of rotatable bonds is 6. The number of fused-ring (bicyclic) bond motifs is 1. The number of furan rings is 1. The lowest BCUT2D eigenvalue weighted by Gasteiger charge is -2.11. The fraction of sp³-hybridized carbons (Fsp3) is 0.0435. The summed E-state index contributed by atoms with van der Waals surface area (Å²) in [5.41, 5.74) is 1.82. The van der Waals surface area contributed by atoms with Gasteiger partial charge in [-0.1, -0.05) is 23.7 Å². The van der Waals surface area contributed by atoms with Gasteiger partial charge in [-0.15, -0.1) is 0 Å². The van der Waals surface area contributed by atoms with E-state index < -0.39 is 5.82 Å². The number of imidazole rings is 1. The standard InChI is InChI=1S/C23H15ClF2N4O2/c24-16-10-15(6-7-18(16)32-12-13-3-1-4-14(25)9-13)28-23-21-20(17(26)11-27-23)29-22(30-21)19-5-2-8-31-19/h1-11H,12H2,(H,27,28)(H,29,30). The summed E-state index contributed by atoms with van der Waals surface area (Å²) in [6.45, 7) is 0.175. The maximum Gasteiger partial charge on any atom is 0.174 e. The van der Waals surface area contributed by atoms with Crippen molar-refractivity contribution in [1.29, 1.82) is 0 Å². The van der Waals surface area contributed by atoms with Crippen LogP contribution in [0.3, 0.4) is 0 Å². The summed E-state index contributed by atoms with van der Waals surface area (Å²) in [5.74, 6) is 0.799. The lowest BCUT2D eigenvalue weighted by molar-refractivity contribution is 0.306. The Hall–Kier alpha value is -3.91. The number of hydrogen-bond acceptors (Lipinski definition) is 5. The highest BCUT2D eigenvalue weighted by Crippen LogP contribution is 2.32. The van der Waals surface area contributed by atoms with Crippen LogP contribution in [0, 0.1) is 11.6 Å². The second-order valence-electron chi connectivity index (χ2n) is 6.93. The molecule has 0 spiro atoms. The Morgan fingerprint density at radius 3 is 2.78 bits per heavy atom. The Labute approximate surface area is 185 Å². The molecule has 2 aromatic carbocycles. The van der Waals surface area contributed by atoms with Gasteiger partial charge < -0.3 is 19.5 Å². The van der Waals surface area contributed by atoms with Gasteiger partial charge in [0.1, 0.15) is 29.2 Å². The third-order valence-electron chi connectivity index (χ3n) is 4.71. The number of H-pyrrole nitrogens is 1. The minimum absolute atomic E-state index is 0.134. The van der Waals surface area contributed by atoms with Crippen LogP contribution in [0.25, 0.3) is 22.6 Å². The molecule has 0 saturated heterocycles. The lowest BCUT2D eigenvalue weighted by atomic mass is 10.2. The molecule has 9 heteroatoms. The Kier molecular flexibility index (Phi) is 5.20. The number of aromatic amines is 1. The fourth-order valence-electron chi connectivity index (χ4n) is 3.21. The van der Waals surface area contributed by atoms with Crippen molar-refractivity contribution in [3.63, 3.8) is 0 Å². The molecular formula is C23H15ClF2N4O2. The second-order valence-corrected chi connectivity index (χ2v) is 7.34. The number of aromatic nitrogens is 3. The van der Waals surface area contributed by atoms with Crippen LogP contribution < -0.4 is 10.1 Å². The van der Waals surface area contributed by atoms with Crippen LogP contribution >= 0.6 is 11.6 Å². The first-order valence-corrected chi connectivity index (χ1v) is 9.96. The van der Waals surface area contributed by atoms with Crippen LogP contribution in [-0.2, 0) is 6.61 Å². The summed E-state index contributed by atoms with van der Waals surface area (Å²) in [4.78, 5) is 11.4. The summed E-state index contributed by atoms with van der Waals surface area (Å²) >= 11 is 6.36. The molecule has 0 aliphatic carbocycles. The number of benzene rings is 2. The monoisotopic (exact) mass is 452 g/mol. The van der Waals surface area contributed by atoms with Gasteiger partial charge in [-0.3, -0.25) is 0 Å². The van der Waals surface area contributed by atoms with E-state index in [-0.39, 0.29) is 17.9 Å². The van der Waals surface area contributed by atoms with E-state index in [2.05, 4.69) is 20.3 Å². The lowest BCUT2D eigenvalue weighted by Crippen LogP contribution is -1.98. The summed E-state index contributed by atoms with van der Waals surface area (Å²) in [5, 5.41) is 3.47. The predicted octanol–water partition coefficient (Wildman–Crippen LogP) is 6.47. The van der Waals surface area contributed by atoms with Crippen LogP contribution in [0.4, 0.5) is 20.3 Å². The zero-order valence-corrected chi connectivity index (χ0v) is 17.2. The Bertz CT molecular complexity index is 1400. The third kappa shape index (κ3) is 4.00. The molecule has 0 fully saturated rings. The van der Waals surface area contributed by atoms with Crippen molar-refractivity contribution in [1.82, 2.24) is 15.0 Å². The molecule has 3 aromatic heterocycles. The first-order chi connectivity index (χ1) is 15.6. The van der Waals surface area contributed by atoms with Gasteiger partial charge in [-0.05, 0) is 48.0 Å². The zero-order chi connectivity index (χ0) is 22.1. The van der Waals surface area contributed by atoms with Gasteiger partial charge in [-0.25, -0.2) is 18.7 Å². The van der Waals surface area contributed by atoms with Crippen molar-refractivity contribution in [2.45, 2.75) is 6.61 Å². The van der Waals surface area contributed by atoms with Gasteiger partial charge >= 0.3 is 0 Å². The van der Waals surface area contributed by atoms with Crippen molar-refractivity contribution >= 4 is 34.1 Å². The number of anilines is 2. The van der Waals surface area contributed by atoms with Crippen molar-refractivity contribution in [3.05, 3.63) is 89.3 Å². The van der Waals surface area contributed by atoms with Crippen molar-refractivity contribution in [3.8, 4) is 17.3 Å². The topological polar surface area (TPSA) is 76.0 Å². The number of nitrogens with zero attached hydrogens (tertiary/aromatic N) is 2. The molecule has 6 nitrogen and oxygen atoms in total. The van der Waals surface area contributed by atoms with E-state index in [1.807, 2.05) is 0 Å². The van der Waals surface area contributed by atoms with Gasteiger partial charge in [0.15, 0.2) is 23.2 Å². The van der Waals surface area contributed by atoms with Gasteiger partial charge in [0.05, 0.1) is 17.5 Å². The molecule has 2 N–H and O–H groups in total. The number of pyridine rings is 1. The van der Waals surface area contributed by atoms with Crippen molar-refractivity contribution in [2.24, 2.45) is 0 Å². The molecule has 0 radical (unpaired) electrons. The molecule has 5 aromatic rings. The molecular weight excluding hydrogens is 438 g/mol. The van der Waals surface area contributed by atoms with E-state index >= 15 is 0 Å². The predicted molar refractivity (Wildman–Crippen MR) is 117 cm³/mol. The summed E-state index contributed by atoms with van der Waals surface area (Å²) in [7, 11) is 0. The summed E-state index contributed by atoms with van der Waals surface area (Å²) in [6, 6.07) is 14.7. The Morgan fingerprint density at radius 2 is 2.00 bits per heavy atom. The van der Waals surface area contributed by atoms with E-state index in [1.54, 1.807) is 42.5 Å². The average Bonchev–Trinajstić information content (AvgIpc) is 3.46. The molecule has 0 amide bonds. The second kappa shape index (κ2) is 8.32. The van der Waals surface area contributed by atoms with Crippen LogP contribution in [0.5, 0.6) is 5.75 Å². The highest BCUT2D eigenvalue weighted by atomic mass is 35.5. The van der Waals surface area contributed by atoms with E-state index in [9.17, 15) is 8.78 Å². The van der Waals surface area contributed by atoms with Gasteiger partial charge in [0.2, 0.25) is 0 Å². The van der Waals surface area contributed by atoms with Gasteiger partial charge in [-0.2, -0.15) is 0 Å². The molecule has 0 aliphatic rings. The normalized spacial score (nSPS) is 11.1. The van der Waals surface area contributed by atoms with Crippen LogP contribution in [0.1, 0.15) is 5.56 Å². The molecule has 3 heterocycles. The number of hydrogen-bond donors (Lipinski definition) is 2. The number of ether oxygens (including phenoxy) is 1. The third-order valence-corrected chi connectivity index (χ3v) is 5.00. The van der Waals surface area contributed by atoms with Gasteiger partial charge in [0, 0.05) is 5.69 Å². The maximum atomic E-state index is 14.3. The fourth-order valence-corrected chi connectivity index (χ4v) is 3.44. The molecule has 0 unspecified atom stereocenters. The highest BCUT2D eigenvalue weighted by molar-refractivity contribution is 6.32. The zero-order valence-electron chi connectivity index (χ0n) is 16.4. The first kappa shape index (κ1) is 20.0. The molecule has 0 bridgehead atoms. The molecule has 0 atom stereocenters. The Balaban J connectivity index is 1.38. The molecule has 0 saturated carbocycles. The number of halogens is 3. The van der Waals surface area contributed by atoms with Crippen molar-refractivity contribution < 1.29 is 17.9 Å². The maximum absolute atomic E-state index is 14.3. The number of nitrogens with one attached hydrogen (secondary N) is 2. The van der Waals surface area contributed by atoms with Crippen molar-refractivity contribution in [2.75, 3.05) is 5.32 Å². The minimum Gasteiger partial charge on any atom is -0.487 e. The van der Waals surface area contributed by atoms with Crippen LogP contribution in [-0.4, -0.2) is 15.0 Å². The molecule has 0 aliphatic heterocycles. The van der Waals surface area contributed by atoms with Crippen LogP contribution in [0.2, 0.25) is 5.02 Å². The molecule has 5 rings (SSSR count). The van der Waals surface area contributed by atoms with Crippen LogP contribution in [0.15, 0.2) is 71.5 Å². The smallest absolute Gasteiger partial charge is 0.174 e. The van der Waals surface area contributed by atoms with E-state index in [4.69, 9.17) is 20.8 Å². The summed E-state index contributed by atoms with van der Waals surface area (Å²) < 4.78 is 38.6. The molecule has 160 valence electrons. The summed E-state index contributed by atoms with van der Waals surface area (Å²) in [6.07, 6.45) is 2.60. The van der Waals surface area contributed by atoms with E-state index in [1.165, 1.54) is 18.4 Å².